The molecule has 2 aliphatic rings. The van der Waals surface area contributed by atoms with Gasteiger partial charge in [0, 0.05) is 49.3 Å². The molecule has 0 saturated carbocycles. The van der Waals surface area contributed by atoms with Gasteiger partial charge in [-0.05, 0) is 42.5 Å². The van der Waals surface area contributed by atoms with Crippen LogP contribution in [0.3, 0.4) is 0 Å². The first-order valence-electron chi connectivity index (χ1n) is 10.7. The minimum absolute atomic E-state index is 0.0850. The van der Waals surface area contributed by atoms with Crippen molar-refractivity contribution >= 4 is 58.5 Å². The Morgan fingerprint density at radius 1 is 0.970 bits per heavy atom. The van der Waals surface area contributed by atoms with Crippen LogP contribution in [0.2, 0.25) is 0 Å². The van der Waals surface area contributed by atoms with E-state index in [1.165, 1.54) is 16.4 Å². The Morgan fingerprint density at radius 3 is 2.36 bits per heavy atom. The van der Waals surface area contributed by atoms with Gasteiger partial charge in [0.2, 0.25) is 10.0 Å². The van der Waals surface area contributed by atoms with Crippen molar-refractivity contribution in [3.63, 3.8) is 0 Å². The Balaban J connectivity index is 1.23. The lowest BCUT2D eigenvalue weighted by molar-refractivity contribution is 0.0730. The number of carbonyl (C=O) groups is 1. The maximum absolute atomic E-state index is 13.0. The highest BCUT2D eigenvalue weighted by Gasteiger charge is 2.28. The van der Waals surface area contributed by atoms with Crippen molar-refractivity contribution in [2.75, 3.05) is 57.4 Å². The number of carbonyl (C=O) groups excluding carboxylic acids is 1. The van der Waals surface area contributed by atoms with Crippen molar-refractivity contribution in [2.45, 2.75) is 4.90 Å². The summed E-state index contributed by atoms with van der Waals surface area (Å²) in [5.41, 5.74) is 1.47. The zero-order valence-corrected chi connectivity index (χ0v) is 21.0. The largest absolute Gasteiger partial charge is 0.379 e. The molecule has 1 aromatic heterocycles. The summed E-state index contributed by atoms with van der Waals surface area (Å²) in [6.45, 7) is 4.08. The predicted octanol–water partition coefficient (Wildman–Crippen LogP) is 3.04. The van der Waals surface area contributed by atoms with Gasteiger partial charge < -0.3 is 14.5 Å². The number of piperazine rings is 1. The van der Waals surface area contributed by atoms with E-state index < -0.39 is 10.0 Å². The molecule has 2 aromatic carbocycles. The molecule has 2 aliphatic heterocycles. The first-order chi connectivity index (χ1) is 15.9. The molecule has 0 N–H and O–H groups in total. The highest BCUT2D eigenvalue weighted by molar-refractivity contribution is 9.10. The number of rotatable bonds is 4. The van der Waals surface area contributed by atoms with Crippen molar-refractivity contribution < 1.29 is 17.9 Å². The van der Waals surface area contributed by atoms with Gasteiger partial charge in [0.05, 0.1) is 28.3 Å². The Morgan fingerprint density at radius 2 is 1.67 bits per heavy atom. The first kappa shape index (κ1) is 22.7. The molecule has 2 fully saturated rings. The van der Waals surface area contributed by atoms with Gasteiger partial charge >= 0.3 is 0 Å². The van der Waals surface area contributed by atoms with E-state index >= 15 is 0 Å². The lowest BCUT2D eigenvalue weighted by Crippen LogP contribution is -2.48. The minimum Gasteiger partial charge on any atom is -0.379 e. The molecule has 3 heterocycles. The molecular formula is C22H23BrN4O4S2. The Hall–Kier alpha value is -2.05. The lowest BCUT2D eigenvalue weighted by atomic mass is 10.2. The SMILES string of the molecule is O=C(c1ccc(S(=O)(=O)N2CCOCC2)cc1)N1CCN(c2nc3ccc(Br)cc3s2)CC1. The number of fused-ring (bicyclic) bond motifs is 1. The van der Waals surface area contributed by atoms with E-state index in [4.69, 9.17) is 9.72 Å². The van der Waals surface area contributed by atoms with E-state index in [2.05, 4.69) is 26.9 Å². The summed E-state index contributed by atoms with van der Waals surface area (Å²) >= 11 is 5.15. The third-order valence-corrected chi connectivity index (χ3v) is 9.37. The van der Waals surface area contributed by atoms with Crippen LogP contribution in [0.25, 0.3) is 10.2 Å². The molecule has 33 heavy (non-hydrogen) atoms. The Bertz CT molecular complexity index is 1270. The zero-order valence-electron chi connectivity index (χ0n) is 17.8. The molecule has 5 rings (SSSR count). The van der Waals surface area contributed by atoms with Crippen LogP contribution in [-0.2, 0) is 14.8 Å². The van der Waals surface area contributed by atoms with Gasteiger partial charge in [0.1, 0.15) is 0 Å². The Kier molecular flexibility index (Phi) is 6.41. The molecule has 0 spiro atoms. The number of aromatic nitrogens is 1. The van der Waals surface area contributed by atoms with Crippen molar-refractivity contribution in [1.82, 2.24) is 14.2 Å². The average molecular weight is 551 g/mol. The highest BCUT2D eigenvalue weighted by atomic mass is 79.9. The van der Waals surface area contributed by atoms with Gasteiger partial charge in [-0.3, -0.25) is 4.79 Å². The molecule has 0 aliphatic carbocycles. The minimum atomic E-state index is -3.57. The molecule has 8 nitrogen and oxygen atoms in total. The van der Waals surface area contributed by atoms with Gasteiger partial charge in [-0.25, -0.2) is 13.4 Å². The van der Waals surface area contributed by atoms with Gasteiger partial charge in [0.25, 0.3) is 5.91 Å². The van der Waals surface area contributed by atoms with E-state index in [0.29, 0.717) is 58.0 Å². The van der Waals surface area contributed by atoms with Crippen molar-refractivity contribution in [2.24, 2.45) is 0 Å². The van der Waals surface area contributed by atoms with Crippen LogP contribution in [0.15, 0.2) is 51.8 Å². The van der Waals surface area contributed by atoms with Crippen LogP contribution in [-0.4, -0.2) is 81.0 Å². The topological polar surface area (TPSA) is 83.0 Å². The fraction of sp³-hybridized carbons (Fsp3) is 0.364. The number of ether oxygens (including phenoxy) is 1. The van der Waals surface area contributed by atoms with Crippen LogP contribution in [0.1, 0.15) is 10.4 Å². The summed E-state index contributed by atoms with van der Waals surface area (Å²) in [5.74, 6) is -0.0850. The third-order valence-electron chi connectivity index (χ3n) is 5.89. The van der Waals surface area contributed by atoms with Crippen molar-refractivity contribution in [1.29, 1.82) is 0 Å². The van der Waals surface area contributed by atoms with Crippen LogP contribution in [0.4, 0.5) is 5.13 Å². The highest BCUT2D eigenvalue weighted by Crippen LogP contribution is 2.31. The third kappa shape index (κ3) is 4.65. The molecular weight excluding hydrogens is 528 g/mol. The number of amides is 1. The van der Waals surface area contributed by atoms with E-state index in [1.54, 1.807) is 23.5 Å². The monoisotopic (exact) mass is 550 g/mol. The van der Waals surface area contributed by atoms with Gasteiger partial charge in [-0.15, -0.1) is 0 Å². The van der Waals surface area contributed by atoms with Crippen LogP contribution in [0.5, 0.6) is 0 Å². The number of morpholine rings is 1. The molecule has 0 atom stereocenters. The van der Waals surface area contributed by atoms with Crippen molar-refractivity contribution in [3.05, 3.63) is 52.5 Å². The molecule has 11 heteroatoms. The maximum Gasteiger partial charge on any atom is 0.253 e. The normalized spacial score (nSPS) is 18.1. The first-order valence-corrected chi connectivity index (χ1v) is 13.7. The number of sulfonamides is 1. The van der Waals surface area contributed by atoms with E-state index in [1.807, 2.05) is 17.0 Å². The number of hydrogen-bond acceptors (Lipinski definition) is 7. The molecule has 0 bridgehead atoms. The summed E-state index contributed by atoms with van der Waals surface area (Å²) in [5, 5.41) is 0.966. The summed E-state index contributed by atoms with van der Waals surface area (Å²) in [6, 6.07) is 12.3. The zero-order chi connectivity index (χ0) is 23.0. The summed E-state index contributed by atoms with van der Waals surface area (Å²) in [6.07, 6.45) is 0. The standard InChI is InChI=1S/C22H23BrN4O4S2/c23-17-3-6-19-20(15-17)32-22(24-19)26-9-7-25(8-10-26)21(28)16-1-4-18(5-2-16)33(29,30)27-11-13-31-14-12-27/h1-6,15H,7-14H2. The molecule has 1 amide bonds. The van der Waals surface area contributed by atoms with Crippen molar-refractivity contribution in [3.8, 4) is 0 Å². The second-order valence-corrected chi connectivity index (χ2v) is 11.8. The quantitative estimate of drug-likeness (QED) is 0.496. The van der Waals surface area contributed by atoms with Gasteiger partial charge in [0.15, 0.2) is 5.13 Å². The second-order valence-electron chi connectivity index (χ2n) is 7.93. The number of thiazole rings is 1. The summed E-state index contributed by atoms with van der Waals surface area (Å²) in [4.78, 5) is 21.9. The summed E-state index contributed by atoms with van der Waals surface area (Å²) < 4.78 is 34.4. The number of hydrogen-bond donors (Lipinski definition) is 0. The fourth-order valence-corrected chi connectivity index (χ4v) is 6.99. The number of benzene rings is 2. The predicted molar refractivity (Wildman–Crippen MR) is 131 cm³/mol. The van der Waals surface area contributed by atoms with Crippen LogP contribution < -0.4 is 4.90 Å². The Labute approximate surface area is 204 Å². The lowest BCUT2D eigenvalue weighted by Gasteiger charge is -2.34. The smallest absolute Gasteiger partial charge is 0.253 e. The van der Waals surface area contributed by atoms with Crippen LogP contribution >= 0.6 is 27.3 Å². The maximum atomic E-state index is 13.0. The number of anilines is 1. The molecule has 0 unspecified atom stereocenters. The van der Waals surface area contributed by atoms with E-state index in [-0.39, 0.29) is 10.8 Å². The van der Waals surface area contributed by atoms with Gasteiger partial charge in [-0.1, -0.05) is 27.3 Å². The van der Waals surface area contributed by atoms with Crippen LogP contribution in [0, 0.1) is 0 Å². The van der Waals surface area contributed by atoms with E-state index in [0.717, 1.165) is 19.8 Å². The summed E-state index contributed by atoms with van der Waals surface area (Å²) in [7, 11) is -3.57. The molecule has 0 radical (unpaired) electrons. The molecule has 2 saturated heterocycles. The average Bonchev–Trinajstić information content (AvgIpc) is 3.27. The van der Waals surface area contributed by atoms with E-state index in [9.17, 15) is 13.2 Å². The number of halogens is 1. The van der Waals surface area contributed by atoms with Gasteiger partial charge in [-0.2, -0.15) is 4.31 Å². The molecule has 174 valence electrons. The number of nitrogens with zero attached hydrogens (tertiary/aromatic N) is 4. The second kappa shape index (κ2) is 9.30. The fourth-order valence-electron chi connectivity index (χ4n) is 4.01. The molecule has 3 aromatic rings.